The van der Waals surface area contributed by atoms with E-state index in [1.54, 1.807) is 6.07 Å². The number of aliphatic hydroxyl groups excluding tert-OH is 1. The van der Waals surface area contributed by atoms with Gasteiger partial charge in [-0.05, 0) is 71.1 Å². The van der Waals surface area contributed by atoms with Gasteiger partial charge in [0, 0.05) is 32.4 Å². The van der Waals surface area contributed by atoms with Crippen LogP contribution in [0.1, 0.15) is 64.5 Å². The molecule has 35 heavy (non-hydrogen) atoms. The van der Waals surface area contributed by atoms with E-state index in [0.29, 0.717) is 11.8 Å². The van der Waals surface area contributed by atoms with E-state index < -0.39 is 0 Å². The molecule has 0 aliphatic heterocycles. The molecule has 0 unspecified atom stereocenters. The number of ketones is 1. The molecule has 0 bridgehead atoms. The van der Waals surface area contributed by atoms with Crippen molar-refractivity contribution in [2.24, 2.45) is 0 Å². The maximum atomic E-state index is 13.8. The number of allylic oxidation sites excluding steroid dienone is 2. The van der Waals surface area contributed by atoms with Crippen molar-refractivity contribution >= 4 is 27.3 Å². The van der Waals surface area contributed by atoms with E-state index in [2.05, 4.69) is 56.9 Å². The fourth-order valence-corrected chi connectivity index (χ4v) is 3.85. The van der Waals surface area contributed by atoms with Gasteiger partial charge in [-0.2, -0.15) is 0 Å². The van der Waals surface area contributed by atoms with E-state index >= 15 is 0 Å². The summed E-state index contributed by atoms with van der Waals surface area (Å²) in [6.07, 6.45) is 2.98. The van der Waals surface area contributed by atoms with Gasteiger partial charge in [0.1, 0.15) is 5.82 Å². The maximum absolute atomic E-state index is 13.8. The second-order valence-electron chi connectivity index (χ2n) is 9.17. The number of hydrogen-bond acceptors (Lipinski definition) is 3. The molecule has 0 fully saturated rings. The Morgan fingerprint density at radius 2 is 1.63 bits per heavy atom. The van der Waals surface area contributed by atoms with Gasteiger partial charge in [-0.1, -0.05) is 45.9 Å². The summed E-state index contributed by atoms with van der Waals surface area (Å²) in [4.78, 5) is 14.7. The predicted octanol–water partition coefficient (Wildman–Crippen LogP) is 8.28. The van der Waals surface area contributed by atoms with Gasteiger partial charge in [-0.3, -0.25) is 4.79 Å². The molecular formula is C30H31FIrNO2-. The summed E-state index contributed by atoms with van der Waals surface area (Å²) in [6.45, 7) is 11.6. The van der Waals surface area contributed by atoms with Gasteiger partial charge in [0.2, 0.25) is 0 Å². The van der Waals surface area contributed by atoms with Crippen molar-refractivity contribution in [2.75, 3.05) is 0 Å². The van der Waals surface area contributed by atoms with Crippen molar-refractivity contribution in [3.63, 3.8) is 0 Å². The molecule has 4 aromatic rings. The molecular weight excluding hydrogens is 618 g/mol. The average Bonchev–Trinajstić information content (AvgIpc) is 2.77. The van der Waals surface area contributed by atoms with Crippen molar-refractivity contribution < 1.29 is 34.4 Å². The molecule has 0 aliphatic rings. The number of nitrogens with zero attached hydrogens (tertiary/aromatic N) is 1. The number of aliphatic hydroxyl groups is 1. The Morgan fingerprint density at radius 1 is 0.943 bits per heavy atom. The first kappa shape index (κ1) is 28.4. The van der Waals surface area contributed by atoms with Gasteiger partial charge >= 0.3 is 0 Å². The molecule has 1 heterocycles. The molecule has 0 spiro atoms. The zero-order chi connectivity index (χ0) is 25.0. The molecule has 1 radical (unpaired) electrons. The Hall–Kier alpha value is -2.88. The number of benzene rings is 3. The van der Waals surface area contributed by atoms with Crippen molar-refractivity contribution in [3.8, 4) is 11.3 Å². The average molecular weight is 649 g/mol. The van der Waals surface area contributed by atoms with Crippen LogP contribution in [0.25, 0.3) is 32.8 Å². The minimum atomic E-state index is -0.219. The van der Waals surface area contributed by atoms with Crippen LogP contribution in [-0.2, 0) is 24.9 Å². The van der Waals surface area contributed by atoms with Gasteiger partial charge in [0.05, 0.1) is 5.76 Å². The molecule has 0 aliphatic carbocycles. The standard InChI is InChI=1S/C25H23FN.C5H8O2.Ir/c1-15(2)18-11-19(16(3)4)13-20(12-18)25-23-8-6-17-5-7-21(26)14-24(17)22(23)9-10-27-25;1-4(6)3-5(2)7;/h5-12,14-16H,1-4H3;3,6H,1-2H3;/q-1;;/b;4-3-;. The van der Waals surface area contributed by atoms with Crippen LogP contribution in [-0.4, -0.2) is 15.9 Å². The van der Waals surface area contributed by atoms with Gasteiger partial charge < -0.3 is 10.1 Å². The van der Waals surface area contributed by atoms with Crippen molar-refractivity contribution in [1.82, 2.24) is 4.98 Å². The first-order valence-corrected chi connectivity index (χ1v) is 11.5. The van der Waals surface area contributed by atoms with E-state index in [4.69, 9.17) is 5.11 Å². The molecule has 0 saturated carbocycles. The topological polar surface area (TPSA) is 50.2 Å². The van der Waals surface area contributed by atoms with Crippen molar-refractivity contribution in [3.05, 3.63) is 89.6 Å². The van der Waals surface area contributed by atoms with E-state index in [1.807, 2.05) is 24.4 Å². The van der Waals surface area contributed by atoms with Crippen molar-refractivity contribution in [1.29, 1.82) is 0 Å². The van der Waals surface area contributed by atoms with Crippen LogP contribution < -0.4 is 0 Å². The summed E-state index contributed by atoms with van der Waals surface area (Å²) >= 11 is 0. The second kappa shape index (κ2) is 12.2. The summed E-state index contributed by atoms with van der Waals surface area (Å²) in [5, 5.41) is 12.4. The normalized spacial score (nSPS) is 11.4. The summed E-state index contributed by atoms with van der Waals surface area (Å²) in [7, 11) is 0. The second-order valence-corrected chi connectivity index (χ2v) is 9.17. The summed E-state index contributed by atoms with van der Waals surface area (Å²) in [5.41, 5.74) is 4.40. The summed E-state index contributed by atoms with van der Waals surface area (Å²) < 4.78 is 13.8. The number of carbonyl (C=O) groups is 1. The number of halogens is 1. The third kappa shape index (κ3) is 7.06. The monoisotopic (exact) mass is 649 g/mol. The van der Waals surface area contributed by atoms with Gasteiger partial charge in [0.15, 0.2) is 5.78 Å². The minimum Gasteiger partial charge on any atom is -0.512 e. The van der Waals surface area contributed by atoms with Gasteiger partial charge in [-0.25, -0.2) is 4.39 Å². The quantitative estimate of drug-likeness (QED) is 0.105. The van der Waals surface area contributed by atoms with Crippen LogP contribution >= 0.6 is 0 Å². The molecule has 0 atom stereocenters. The van der Waals surface area contributed by atoms with E-state index in [1.165, 1.54) is 37.1 Å². The third-order valence-corrected chi connectivity index (χ3v) is 5.59. The molecule has 1 aromatic heterocycles. The van der Waals surface area contributed by atoms with Crippen LogP contribution in [0.2, 0.25) is 0 Å². The van der Waals surface area contributed by atoms with Crippen LogP contribution in [0.3, 0.4) is 0 Å². The Bertz CT molecular complexity index is 1350. The summed E-state index contributed by atoms with van der Waals surface area (Å²) in [5.74, 6) is 0.546. The Kier molecular flexibility index (Phi) is 9.88. The molecule has 5 heteroatoms. The number of rotatable bonds is 4. The van der Waals surface area contributed by atoms with Crippen LogP contribution in [0.4, 0.5) is 4.39 Å². The fraction of sp³-hybridized carbons (Fsp3) is 0.267. The molecule has 185 valence electrons. The van der Waals surface area contributed by atoms with E-state index in [-0.39, 0.29) is 37.5 Å². The number of fused-ring (bicyclic) bond motifs is 3. The fourth-order valence-electron chi connectivity index (χ4n) is 3.85. The smallest absolute Gasteiger partial charge is 0.155 e. The first-order valence-electron chi connectivity index (χ1n) is 11.5. The zero-order valence-corrected chi connectivity index (χ0v) is 23.3. The first-order chi connectivity index (χ1) is 16.1. The van der Waals surface area contributed by atoms with Crippen LogP contribution in [0, 0.1) is 11.9 Å². The minimum absolute atomic E-state index is 0. The predicted molar refractivity (Wildman–Crippen MR) is 139 cm³/mol. The summed E-state index contributed by atoms with van der Waals surface area (Å²) in [6, 6.07) is 19.0. The number of aromatic nitrogens is 1. The van der Waals surface area contributed by atoms with Gasteiger partial charge in [0.25, 0.3) is 0 Å². The molecule has 4 rings (SSSR count). The zero-order valence-electron chi connectivity index (χ0n) is 20.9. The van der Waals surface area contributed by atoms with Crippen molar-refractivity contribution in [2.45, 2.75) is 53.4 Å². The number of carbonyl (C=O) groups excluding carboxylic acids is 1. The number of pyridine rings is 1. The largest absolute Gasteiger partial charge is 0.512 e. The molecule has 3 nitrogen and oxygen atoms in total. The Balaban J connectivity index is 0.000000476. The van der Waals surface area contributed by atoms with Crippen LogP contribution in [0.5, 0.6) is 0 Å². The molecule has 1 N–H and O–H groups in total. The molecule has 0 saturated heterocycles. The maximum Gasteiger partial charge on any atom is 0.155 e. The van der Waals surface area contributed by atoms with E-state index in [0.717, 1.165) is 32.8 Å². The molecule has 0 amide bonds. The van der Waals surface area contributed by atoms with Gasteiger partial charge in [-0.15, -0.1) is 34.9 Å². The Morgan fingerprint density at radius 3 is 2.20 bits per heavy atom. The third-order valence-electron chi connectivity index (χ3n) is 5.59. The Labute approximate surface area is 220 Å². The van der Waals surface area contributed by atoms with E-state index in [9.17, 15) is 9.18 Å². The molecule has 3 aromatic carbocycles. The van der Waals surface area contributed by atoms with Crippen LogP contribution in [0.15, 0.2) is 66.6 Å². The number of hydrogen-bond donors (Lipinski definition) is 1. The SMILES string of the molecule is CC(=O)/C=C(/C)O.CC(C)c1[c-]c(-c2nccc3c2ccc2ccc(F)cc23)cc(C(C)C)c1.[Ir].